The molecule has 142 valence electrons. The Kier molecular flexibility index (Phi) is 5.95. The molecule has 6 heteroatoms. The van der Waals surface area contributed by atoms with Gasteiger partial charge in [0.15, 0.2) is 0 Å². The number of benzene rings is 1. The molecule has 2 atom stereocenters. The van der Waals surface area contributed by atoms with Crippen LogP contribution in [0.3, 0.4) is 0 Å². The maximum Gasteiger partial charge on any atom is 0.242 e. The molecule has 1 N–H and O–H groups in total. The van der Waals surface area contributed by atoms with Gasteiger partial charge in [-0.2, -0.15) is 0 Å². The highest BCUT2D eigenvalue weighted by Crippen LogP contribution is 2.22. The van der Waals surface area contributed by atoms with Gasteiger partial charge in [0.2, 0.25) is 10.0 Å². The zero-order valence-corrected chi connectivity index (χ0v) is 16.7. The number of aromatic nitrogens is 1. The van der Waals surface area contributed by atoms with Crippen LogP contribution in [0.4, 0.5) is 0 Å². The van der Waals surface area contributed by atoms with Crippen molar-refractivity contribution in [3.05, 3.63) is 36.0 Å². The van der Waals surface area contributed by atoms with Crippen LogP contribution in [0.2, 0.25) is 0 Å². The predicted octanol–water partition coefficient (Wildman–Crippen LogP) is 3.19. The van der Waals surface area contributed by atoms with Gasteiger partial charge in [-0.1, -0.05) is 26.0 Å². The second kappa shape index (κ2) is 8.03. The maximum absolute atomic E-state index is 12.7. The Labute approximate surface area is 156 Å². The van der Waals surface area contributed by atoms with Crippen molar-refractivity contribution in [2.45, 2.75) is 38.5 Å². The zero-order chi connectivity index (χ0) is 18.7. The van der Waals surface area contributed by atoms with Crippen molar-refractivity contribution in [2.75, 3.05) is 26.2 Å². The van der Waals surface area contributed by atoms with Crippen molar-refractivity contribution in [3.63, 3.8) is 0 Å². The number of piperidine rings is 1. The highest BCUT2D eigenvalue weighted by atomic mass is 32.2. The minimum atomic E-state index is -3.56. The molecule has 0 bridgehead atoms. The van der Waals surface area contributed by atoms with E-state index in [9.17, 15) is 8.42 Å². The second-order valence-corrected chi connectivity index (χ2v) is 9.53. The highest BCUT2D eigenvalue weighted by molar-refractivity contribution is 7.89. The lowest BCUT2D eigenvalue weighted by Crippen LogP contribution is -2.40. The molecule has 2 aromatic rings. The number of nitrogens with one attached hydrogen (secondary N) is 1. The Bertz CT molecular complexity index is 856. The number of nitrogens with zero attached hydrogens (tertiary/aromatic N) is 2. The number of hydrogen-bond acceptors (Lipinski definition) is 4. The fourth-order valence-electron chi connectivity index (χ4n) is 4.02. The van der Waals surface area contributed by atoms with Crippen LogP contribution in [-0.4, -0.2) is 44.5 Å². The van der Waals surface area contributed by atoms with Crippen LogP contribution in [0.1, 0.15) is 32.3 Å². The summed E-state index contributed by atoms with van der Waals surface area (Å²) in [5.41, 5.74) is 1.55. The normalized spacial score (nSPS) is 22.0. The van der Waals surface area contributed by atoms with Crippen molar-refractivity contribution in [1.82, 2.24) is 14.6 Å². The van der Waals surface area contributed by atoms with Gasteiger partial charge in [-0.3, -0.25) is 4.98 Å². The first-order valence-electron chi connectivity index (χ1n) is 9.42. The number of likely N-dealkylation sites (tertiary alicyclic amines) is 1. The van der Waals surface area contributed by atoms with Gasteiger partial charge in [0.1, 0.15) is 4.90 Å². The molecule has 1 aromatic heterocycles. The average Bonchev–Trinajstić information content (AvgIpc) is 2.57. The Hall–Kier alpha value is -1.50. The zero-order valence-electron chi connectivity index (χ0n) is 15.9. The summed E-state index contributed by atoms with van der Waals surface area (Å²) in [6.45, 7) is 10.1. The summed E-state index contributed by atoms with van der Waals surface area (Å²) in [5, 5.41) is 0.851. The minimum Gasteiger partial charge on any atom is -0.303 e. The summed E-state index contributed by atoms with van der Waals surface area (Å²) in [7, 11) is -3.56. The third-order valence-electron chi connectivity index (χ3n) is 4.99. The van der Waals surface area contributed by atoms with Crippen molar-refractivity contribution in [2.24, 2.45) is 11.8 Å². The van der Waals surface area contributed by atoms with E-state index in [1.807, 2.05) is 19.1 Å². The van der Waals surface area contributed by atoms with Crippen molar-refractivity contribution < 1.29 is 8.42 Å². The molecule has 1 aromatic carbocycles. The average molecular weight is 376 g/mol. The van der Waals surface area contributed by atoms with Gasteiger partial charge >= 0.3 is 0 Å². The lowest BCUT2D eigenvalue weighted by atomic mass is 9.92. The van der Waals surface area contributed by atoms with E-state index in [2.05, 4.69) is 28.5 Å². The molecule has 0 aliphatic carbocycles. The molecule has 0 spiro atoms. The fourth-order valence-corrected chi connectivity index (χ4v) is 5.27. The SMILES string of the molecule is Cc1cnc2c(S(=O)(=O)NCCCN3CC(C)CC(C)C3)cccc2c1. The standard InChI is InChI=1S/C20H29N3O2S/c1-15-11-18-6-4-7-19(20(18)21-12-15)26(24,25)22-8-5-9-23-13-16(2)10-17(3)14-23/h4,6-7,11-12,16-17,22H,5,8-10,13-14H2,1-3H3. The summed E-state index contributed by atoms with van der Waals surface area (Å²) in [5.74, 6) is 1.45. The van der Waals surface area contributed by atoms with Crippen LogP contribution in [0.5, 0.6) is 0 Å². The molecule has 26 heavy (non-hydrogen) atoms. The van der Waals surface area contributed by atoms with E-state index >= 15 is 0 Å². The lowest BCUT2D eigenvalue weighted by Gasteiger charge is -2.34. The van der Waals surface area contributed by atoms with E-state index in [0.29, 0.717) is 12.1 Å². The fraction of sp³-hybridized carbons (Fsp3) is 0.550. The van der Waals surface area contributed by atoms with Gasteiger partial charge in [-0.25, -0.2) is 13.1 Å². The molecule has 5 nitrogen and oxygen atoms in total. The smallest absolute Gasteiger partial charge is 0.242 e. The van der Waals surface area contributed by atoms with Crippen LogP contribution < -0.4 is 4.72 Å². The highest BCUT2D eigenvalue weighted by Gasteiger charge is 2.22. The molecule has 1 aliphatic rings. The first kappa shape index (κ1) is 19.3. The molecule has 2 heterocycles. The first-order chi connectivity index (χ1) is 12.3. The number of aryl methyl sites for hydroxylation is 1. The summed E-state index contributed by atoms with van der Waals surface area (Å²) in [4.78, 5) is 7.05. The van der Waals surface area contributed by atoms with Gasteiger partial charge in [0.25, 0.3) is 0 Å². The largest absolute Gasteiger partial charge is 0.303 e. The van der Waals surface area contributed by atoms with E-state index in [1.165, 1.54) is 6.42 Å². The number of fused-ring (bicyclic) bond motifs is 1. The summed E-state index contributed by atoms with van der Waals surface area (Å²) < 4.78 is 28.2. The van der Waals surface area contributed by atoms with Crippen LogP contribution in [-0.2, 0) is 10.0 Å². The lowest BCUT2D eigenvalue weighted by molar-refractivity contribution is 0.140. The van der Waals surface area contributed by atoms with Gasteiger partial charge in [-0.15, -0.1) is 0 Å². The molecular formula is C20H29N3O2S. The van der Waals surface area contributed by atoms with E-state index in [4.69, 9.17) is 0 Å². The third kappa shape index (κ3) is 4.61. The van der Waals surface area contributed by atoms with Crippen molar-refractivity contribution in [1.29, 1.82) is 0 Å². The molecule has 1 saturated heterocycles. The number of rotatable bonds is 6. The third-order valence-corrected chi connectivity index (χ3v) is 6.48. The molecule has 0 radical (unpaired) electrons. The Morgan fingerprint density at radius 1 is 1.23 bits per heavy atom. The van der Waals surface area contributed by atoms with E-state index in [0.717, 1.165) is 48.8 Å². The van der Waals surface area contributed by atoms with Crippen molar-refractivity contribution in [3.8, 4) is 0 Å². The number of hydrogen-bond donors (Lipinski definition) is 1. The van der Waals surface area contributed by atoms with E-state index in [1.54, 1.807) is 18.3 Å². The first-order valence-corrected chi connectivity index (χ1v) is 10.9. The van der Waals surface area contributed by atoms with E-state index < -0.39 is 10.0 Å². The van der Waals surface area contributed by atoms with Crippen LogP contribution in [0, 0.1) is 18.8 Å². The number of sulfonamides is 1. The van der Waals surface area contributed by atoms with Crippen LogP contribution >= 0.6 is 0 Å². The Balaban J connectivity index is 1.61. The van der Waals surface area contributed by atoms with Gasteiger partial charge < -0.3 is 4.90 Å². The Morgan fingerprint density at radius 3 is 2.69 bits per heavy atom. The van der Waals surface area contributed by atoms with Crippen LogP contribution in [0.25, 0.3) is 10.9 Å². The summed E-state index contributed by atoms with van der Waals surface area (Å²) in [6, 6.07) is 7.25. The summed E-state index contributed by atoms with van der Waals surface area (Å²) in [6.07, 6.45) is 3.81. The molecule has 0 saturated carbocycles. The number of pyridine rings is 1. The quantitative estimate of drug-likeness (QED) is 0.788. The topological polar surface area (TPSA) is 62.3 Å². The van der Waals surface area contributed by atoms with Gasteiger partial charge in [-0.05, 0) is 55.8 Å². The molecule has 3 rings (SSSR count). The van der Waals surface area contributed by atoms with Gasteiger partial charge in [0.05, 0.1) is 5.52 Å². The molecule has 1 aliphatic heterocycles. The molecule has 2 unspecified atom stereocenters. The van der Waals surface area contributed by atoms with Crippen LogP contribution in [0.15, 0.2) is 35.4 Å². The molecular weight excluding hydrogens is 346 g/mol. The summed E-state index contributed by atoms with van der Waals surface area (Å²) >= 11 is 0. The van der Waals surface area contributed by atoms with E-state index in [-0.39, 0.29) is 4.90 Å². The maximum atomic E-state index is 12.7. The minimum absolute atomic E-state index is 0.259. The monoisotopic (exact) mass is 375 g/mol. The number of para-hydroxylation sites is 1. The van der Waals surface area contributed by atoms with Gasteiger partial charge in [0, 0.05) is 31.2 Å². The molecule has 1 fully saturated rings. The van der Waals surface area contributed by atoms with Crippen molar-refractivity contribution >= 4 is 20.9 Å². The predicted molar refractivity (Wildman–Crippen MR) is 106 cm³/mol. The second-order valence-electron chi connectivity index (χ2n) is 7.80. The molecule has 0 amide bonds. The Morgan fingerprint density at radius 2 is 1.96 bits per heavy atom.